The normalized spacial score (nSPS) is 17.1. The lowest BCUT2D eigenvalue weighted by Crippen LogP contribution is -2.30. The summed E-state index contributed by atoms with van der Waals surface area (Å²) in [7, 11) is 3.25. The maximum absolute atomic E-state index is 10.7. The van der Waals surface area contributed by atoms with Crippen molar-refractivity contribution >= 4 is 34.6 Å². The van der Waals surface area contributed by atoms with Crippen LogP contribution in [0.25, 0.3) is 5.69 Å². The molecule has 2 atom stereocenters. The Hall–Kier alpha value is -3.75. The second-order valence-electron chi connectivity index (χ2n) is 8.83. The lowest BCUT2D eigenvalue weighted by molar-refractivity contribution is 0.394. The van der Waals surface area contributed by atoms with Crippen molar-refractivity contribution in [1.29, 1.82) is 0 Å². The molecule has 0 amide bonds. The van der Waals surface area contributed by atoms with Crippen molar-refractivity contribution in [2.24, 2.45) is 0 Å². The van der Waals surface area contributed by atoms with E-state index in [1.807, 2.05) is 54.8 Å². The topological polar surface area (TPSA) is 71.8 Å². The first-order chi connectivity index (χ1) is 17.8. The zero-order valence-electron chi connectivity index (χ0n) is 20.9. The number of nitrogens with one attached hydrogen (secondary N) is 1. The summed E-state index contributed by atoms with van der Waals surface area (Å²) in [5.41, 5.74) is 5.21. The molecule has 1 fully saturated rings. The third kappa shape index (κ3) is 4.36. The van der Waals surface area contributed by atoms with E-state index in [0.29, 0.717) is 27.3 Å². The molecular weight excluding hydrogens is 508 g/mol. The van der Waals surface area contributed by atoms with Gasteiger partial charge in [0.15, 0.2) is 5.11 Å². The number of thiocarbonyl (C=S) groups is 1. The zero-order chi connectivity index (χ0) is 26.3. The second kappa shape index (κ2) is 9.95. The molecule has 0 unspecified atom stereocenters. The molecule has 0 radical (unpaired) electrons. The van der Waals surface area contributed by atoms with E-state index in [9.17, 15) is 5.11 Å². The van der Waals surface area contributed by atoms with Crippen molar-refractivity contribution in [3.05, 3.63) is 94.5 Å². The maximum Gasteiger partial charge on any atom is 0.174 e. The summed E-state index contributed by atoms with van der Waals surface area (Å²) in [5.74, 6) is 1.47. The summed E-state index contributed by atoms with van der Waals surface area (Å²) < 4.78 is 13.2. The van der Waals surface area contributed by atoms with E-state index < -0.39 is 0 Å². The van der Waals surface area contributed by atoms with Gasteiger partial charge in [0.1, 0.15) is 17.2 Å². The molecule has 1 aliphatic rings. The number of aromatic hydroxyl groups is 1. The van der Waals surface area contributed by atoms with Crippen LogP contribution >= 0.6 is 23.8 Å². The highest BCUT2D eigenvalue weighted by atomic mass is 35.5. The maximum atomic E-state index is 10.7. The number of aromatic nitrogens is 2. The molecule has 3 heterocycles. The molecule has 2 N–H and O–H groups in total. The van der Waals surface area contributed by atoms with E-state index >= 15 is 0 Å². The van der Waals surface area contributed by atoms with Crippen molar-refractivity contribution in [1.82, 2.24) is 14.9 Å². The van der Waals surface area contributed by atoms with E-state index in [4.69, 9.17) is 33.3 Å². The van der Waals surface area contributed by atoms with Gasteiger partial charge < -0.3 is 29.4 Å². The first kappa shape index (κ1) is 24.9. The third-order valence-corrected chi connectivity index (χ3v) is 7.26. The monoisotopic (exact) mass is 534 g/mol. The van der Waals surface area contributed by atoms with Gasteiger partial charge in [-0.1, -0.05) is 17.7 Å². The molecule has 0 bridgehead atoms. The first-order valence-electron chi connectivity index (χ1n) is 11.7. The van der Waals surface area contributed by atoms with Gasteiger partial charge in [0.05, 0.1) is 43.4 Å². The Morgan fingerprint density at radius 2 is 1.81 bits per heavy atom. The Morgan fingerprint density at radius 1 is 1.00 bits per heavy atom. The zero-order valence-corrected chi connectivity index (χ0v) is 22.5. The number of rotatable bonds is 6. The largest absolute Gasteiger partial charge is 0.506 e. The fourth-order valence-corrected chi connectivity index (χ4v) is 5.55. The van der Waals surface area contributed by atoms with Crippen LogP contribution in [0.1, 0.15) is 34.7 Å². The fourth-order valence-electron chi connectivity index (χ4n) is 5.05. The van der Waals surface area contributed by atoms with Crippen LogP contribution < -0.4 is 19.7 Å². The van der Waals surface area contributed by atoms with Crippen LogP contribution in [-0.2, 0) is 0 Å². The van der Waals surface area contributed by atoms with Gasteiger partial charge in [-0.2, -0.15) is 0 Å². The average molecular weight is 535 g/mol. The van der Waals surface area contributed by atoms with Crippen LogP contribution in [0.4, 0.5) is 5.69 Å². The number of halogens is 1. The summed E-state index contributed by atoms with van der Waals surface area (Å²) in [6, 6.07) is 18.2. The predicted octanol–water partition coefficient (Wildman–Crippen LogP) is 6.04. The number of ether oxygens (including phenoxy) is 2. The van der Waals surface area contributed by atoms with Gasteiger partial charge in [0.2, 0.25) is 0 Å². The molecule has 4 aromatic rings. The number of pyridine rings is 1. The molecule has 0 spiro atoms. The Morgan fingerprint density at radius 3 is 2.51 bits per heavy atom. The van der Waals surface area contributed by atoms with Gasteiger partial charge in [-0.3, -0.25) is 4.98 Å². The van der Waals surface area contributed by atoms with Gasteiger partial charge in [0, 0.05) is 28.7 Å². The molecule has 2 aromatic carbocycles. The summed E-state index contributed by atoms with van der Waals surface area (Å²) in [6.07, 6.45) is 1.78. The molecule has 1 saturated heterocycles. The fraction of sp³-hybridized carbons (Fsp3) is 0.214. The van der Waals surface area contributed by atoms with Gasteiger partial charge in [-0.25, -0.2) is 0 Å². The minimum Gasteiger partial charge on any atom is -0.506 e. The van der Waals surface area contributed by atoms with Crippen LogP contribution in [0.3, 0.4) is 0 Å². The summed E-state index contributed by atoms with van der Waals surface area (Å²) in [5, 5.41) is 15.3. The van der Waals surface area contributed by atoms with Crippen molar-refractivity contribution in [2.75, 3.05) is 19.1 Å². The molecule has 9 heteroatoms. The number of phenols is 1. The van der Waals surface area contributed by atoms with Crippen LogP contribution in [-0.4, -0.2) is 34.0 Å². The van der Waals surface area contributed by atoms with Gasteiger partial charge in [-0.15, -0.1) is 0 Å². The van der Waals surface area contributed by atoms with Crippen molar-refractivity contribution in [3.8, 4) is 22.9 Å². The molecule has 1 aliphatic heterocycles. The summed E-state index contributed by atoms with van der Waals surface area (Å²) >= 11 is 12.2. The third-order valence-electron chi connectivity index (χ3n) is 6.71. The molecule has 7 nitrogen and oxygen atoms in total. The van der Waals surface area contributed by atoms with Crippen molar-refractivity contribution < 1.29 is 14.6 Å². The lowest BCUT2D eigenvalue weighted by Gasteiger charge is -2.29. The van der Waals surface area contributed by atoms with Crippen LogP contribution in [0.15, 0.2) is 66.9 Å². The van der Waals surface area contributed by atoms with Crippen molar-refractivity contribution in [2.45, 2.75) is 25.9 Å². The Labute approximate surface area is 226 Å². The standard InChI is InChI=1S/C28H27ClN4O3S/c1-16-13-20(17(2)32(16)23-14-18(29)8-11-24(23)34)27-26(21-7-5-6-12-30-21)31-28(37)33(27)22-10-9-19(35-3)15-25(22)36-4/h5-15,26-27,34H,1-4H3,(H,31,37)/t26-,27+/m1/s1. The van der Waals surface area contributed by atoms with Crippen LogP contribution in [0, 0.1) is 13.8 Å². The van der Waals surface area contributed by atoms with E-state index in [-0.39, 0.29) is 17.8 Å². The number of phenolic OH excluding ortho intramolecular Hbond substituents is 1. The minimum absolute atomic E-state index is 0.146. The highest BCUT2D eigenvalue weighted by molar-refractivity contribution is 7.80. The molecule has 37 heavy (non-hydrogen) atoms. The Bertz CT molecular complexity index is 1470. The smallest absolute Gasteiger partial charge is 0.174 e. The van der Waals surface area contributed by atoms with E-state index in [1.54, 1.807) is 38.6 Å². The lowest BCUT2D eigenvalue weighted by atomic mass is 9.96. The predicted molar refractivity (Wildman–Crippen MR) is 149 cm³/mol. The Balaban J connectivity index is 1.72. The van der Waals surface area contributed by atoms with E-state index in [0.717, 1.165) is 28.3 Å². The van der Waals surface area contributed by atoms with Gasteiger partial charge in [0.25, 0.3) is 0 Å². The number of methoxy groups -OCH3 is 2. The highest BCUT2D eigenvalue weighted by Crippen LogP contribution is 2.47. The van der Waals surface area contributed by atoms with E-state index in [1.165, 1.54) is 0 Å². The Kier molecular flexibility index (Phi) is 6.70. The number of aryl methyl sites for hydroxylation is 1. The summed E-state index contributed by atoms with van der Waals surface area (Å²) in [6.45, 7) is 4.04. The quantitative estimate of drug-likeness (QED) is 0.292. The first-order valence-corrected chi connectivity index (χ1v) is 12.5. The van der Waals surface area contributed by atoms with Crippen LogP contribution in [0.5, 0.6) is 17.2 Å². The van der Waals surface area contributed by atoms with Gasteiger partial charge in [-0.05, 0) is 80.2 Å². The molecule has 2 aromatic heterocycles. The molecule has 190 valence electrons. The van der Waals surface area contributed by atoms with E-state index in [2.05, 4.69) is 21.3 Å². The van der Waals surface area contributed by atoms with Crippen LogP contribution in [0.2, 0.25) is 5.02 Å². The molecule has 5 rings (SSSR count). The number of nitrogens with zero attached hydrogens (tertiary/aromatic N) is 3. The second-order valence-corrected chi connectivity index (χ2v) is 9.65. The number of anilines is 1. The SMILES string of the molecule is COc1ccc(N2C(=S)N[C@H](c3ccccn3)[C@@H]2c2cc(C)n(-c3cc(Cl)ccc3O)c2C)c(OC)c1. The number of hydrogen-bond acceptors (Lipinski definition) is 5. The number of hydrogen-bond donors (Lipinski definition) is 2. The average Bonchev–Trinajstić information content (AvgIpc) is 3.40. The summed E-state index contributed by atoms with van der Waals surface area (Å²) in [4.78, 5) is 6.71. The minimum atomic E-state index is -0.258. The molecular formula is C28H27ClN4O3S. The number of benzene rings is 2. The molecule has 0 aliphatic carbocycles. The van der Waals surface area contributed by atoms with Crippen molar-refractivity contribution in [3.63, 3.8) is 0 Å². The van der Waals surface area contributed by atoms with Gasteiger partial charge >= 0.3 is 0 Å². The highest BCUT2D eigenvalue weighted by Gasteiger charge is 2.43. The molecule has 0 saturated carbocycles.